The molecule has 0 saturated heterocycles. The monoisotopic (exact) mass is 558 g/mol. The van der Waals surface area contributed by atoms with Crippen LogP contribution in [0.5, 0.6) is 0 Å². The Balaban J connectivity index is 7.87. The first kappa shape index (κ1) is 34.7. The van der Waals surface area contributed by atoms with E-state index in [0.29, 0.717) is 20.2 Å². The fourth-order valence-corrected chi connectivity index (χ4v) is 42.7. The van der Waals surface area contributed by atoms with Gasteiger partial charge >= 0.3 is 0 Å². The fraction of sp³-hybridized carbons (Fsp3) is 0.926. The zero-order chi connectivity index (χ0) is 28.1. The molecule has 0 spiro atoms. The Morgan fingerprint density at radius 3 is 0.735 bits per heavy atom. The molecule has 0 fully saturated rings. The maximum Gasteiger partial charge on any atom is 0.188 e. The van der Waals surface area contributed by atoms with Gasteiger partial charge in [0.2, 0.25) is 0 Å². The van der Waals surface area contributed by atoms with Crippen LogP contribution in [0, 0.1) is 0 Å². The summed E-state index contributed by atoms with van der Waals surface area (Å²) in [6, 6.07) is 0. The highest BCUT2D eigenvalue weighted by atomic mass is 28.5. The summed E-state index contributed by atoms with van der Waals surface area (Å²) in [4.78, 5) is 0. The lowest BCUT2D eigenvalue weighted by molar-refractivity contribution is 0.586. The van der Waals surface area contributed by atoms with Gasteiger partial charge in [0.25, 0.3) is 0 Å². The van der Waals surface area contributed by atoms with Crippen LogP contribution in [0.15, 0.2) is 11.8 Å². The second-order valence-corrected chi connectivity index (χ2v) is 42.5. The molecule has 7 heteroatoms. The third-order valence-corrected chi connectivity index (χ3v) is 49.6. The van der Waals surface area contributed by atoms with Gasteiger partial charge in [0.15, 0.2) is 9.12 Å². The molecule has 0 rings (SSSR count). The molecule has 0 bridgehead atoms. The molecule has 0 aliphatic heterocycles. The van der Waals surface area contributed by atoms with E-state index in [9.17, 15) is 0 Å². The molecule has 0 atom stereocenters. The molecule has 0 aliphatic rings. The lowest BCUT2D eigenvalue weighted by Gasteiger charge is -2.67. The highest BCUT2D eigenvalue weighted by Gasteiger charge is 2.60. The van der Waals surface area contributed by atoms with Crippen molar-refractivity contribution in [1.82, 2.24) is 7.79 Å². The average molecular weight is 559 g/mol. The van der Waals surface area contributed by atoms with Gasteiger partial charge in [0, 0.05) is 0 Å². The molecule has 0 radical (unpaired) electrons. The van der Waals surface area contributed by atoms with Crippen LogP contribution in [0.3, 0.4) is 0 Å². The first-order valence-corrected chi connectivity index (χ1v) is 27.1. The molecule has 0 N–H and O–H groups in total. The van der Waals surface area contributed by atoms with Crippen LogP contribution in [0.25, 0.3) is 0 Å². The maximum absolute atomic E-state index is 3.35. The minimum absolute atomic E-state index is 0.321. The molecule has 0 unspecified atom stereocenters. The molecular weight excluding hydrogens is 493 g/mol. The molecule has 0 heterocycles. The van der Waals surface area contributed by atoms with Gasteiger partial charge < -0.3 is 7.79 Å². The van der Waals surface area contributed by atoms with E-state index >= 15 is 0 Å². The molecule has 34 heavy (non-hydrogen) atoms. The van der Waals surface area contributed by atoms with Crippen molar-refractivity contribution in [3.05, 3.63) is 11.8 Å². The molecule has 0 aromatic rings. The van der Waals surface area contributed by atoms with Crippen molar-refractivity contribution in [2.45, 2.75) is 163 Å². The van der Waals surface area contributed by atoms with Crippen LogP contribution in [-0.4, -0.2) is 49.9 Å². The smallest absolute Gasteiger partial charge is 0.188 e. The number of nitrogens with zero attached hydrogens (tertiary/aromatic N) is 2. The SMILES string of the molecule is CC=C[SiH](N([Si](C)(C)C(C)(C)C)[Si](C)(C)C(C)(C)C)N([Si](C)(C)C(C)(C)C)[Si](C)(C)C(C)(C)C. The molecule has 204 valence electrons. The van der Waals surface area contributed by atoms with Gasteiger partial charge in [-0.3, -0.25) is 0 Å². The summed E-state index contributed by atoms with van der Waals surface area (Å²) in [5.41, 5.74) is 2.75. The zero-order valence-electron chi connectivity index (χ0n) is 27.6. The highest BCUT2D eigenvalue weighted by Crippen LogP contribution is 2.52. The summed E-state index contributed by atoms with van der Waals surface area (Å²) in [7, 11) is -8.87. The second kappa shape index (κ2) is 10.1. The second-order valence-electron chi connectivity index (χ2n) is 16.9. The average Bonchev–Trinajstić information content (AvgIpc) is 2.49. The van der Waals surface area contributed by atoms with Crippen LogP contribution in [0.2, 0.25) is 72.5 Å². The molecule has 0 amide bonds. The van der Waals surface area contributed by atoms with Gasteiger partial charge in [-0.1, -0.05) is 147 Å². The van der Waals surface area contributed by atoms with Crippen molar-refractivity contribution in [1.29, 1.82) is 0 Å². The highest BCUT2D eigenvalue weighted by molar-refractivity contribution is 7.09. The Bertz CT molecular complexity index is 603. The topological polar surface area (TPSA) is 6.48 Å². The van der Waals surface area contributed by atoms with Gasteiger partial charge in [0.05, 0.1) is 0 Å². The van der Waals surface area contributed by atoms with Gasteiger partial charge in [0.1, 0.15) is 32.9 Å². The van der Waals surface area contributed by atoms with Crippen molar-refractivity contribution in [2.24, 2.45) is 0 Å². The molecule has 0 saturated carbocycles. The predicted molar refractivity (Wildman–Crippen MR) is 174 cm³/mol. The van der Waals surface area contributed by atoms with E-state index in [1.807, 2.05) is 0 Å². The molecule has 0 aromatic carbocycles. The molecule has 0 aromatic heterocycles. The first-order valence-electron chi connectivity index (χ1n) is 13.7. The summed E-state index contributed by atoms with van der Waals surface area (Å²) in [5.74, 6) is 0. The normalized spacial score (nSPS) is 16.5. The number of allylic oxidation sites excluding steroid dienone is 1. The predicted octanol–water partition coefficient (Wildman–Crippen LogP) is 9.95. The van der Waals surface area contributed by atoms with Gasteiger partial charge in [-0.25, -0.2) is 0 Å². The van der Waals surface area contributed by atoms with E-state index < -0.39 is 42.1 Å². The fourth-order valence-electron chi connectivity index (χ4n) is 4.63. The lowest BCUT2D eigenvalue weighted by atomic mass is 10.2. The van der Waals surface area contributed by atoms with Crippen molar-refractivity contribution in [3.63, 3.8) is 0 Å². The first-order chi connectivity index (χ1) is 14.4. The summed E-state index contributed by atoms with van der Waals surface area (Å²) in [6.07, 6.45) is 2.43. The Morgan fingerprint density at radius 2 is 0.618 bits per heavy atom. The summed E-state index contributed by atoms with van der Waals surface area (Å²) < 4.78 is 6.70. The Morgan fingerprint density at radius 1 is 0.441 bits per heavy atom. The quantitative estimate of drug-likeness (QED) is 0.287. The lowest BCUT2D eigenvalue weighted by Crippen LogP contribution is -2.82. The summed E-state index contributed by atoms with van der Waals surface area (Å²) in [6.45, 7) is 54.3. The Kier molecular flexibility index (Phi) is 10.4. The van der Waals surface area contributed by atoms with E-state index in [4.69, 9.17) is 0 Å². The van der Waals surface area contributed by atoms with Crippen molar-refractivity contribution >= 4 is 42.1 Å². The Labute approximate surface area is 223 Å². The van der Waals surface area contributed by atoms with Gasteiger partial charge in [-0.15, -0.1) is 0 Å². The van der Waals surface area contributed by atoms with Crippen LogP contribution < -0.4 is 0 Å². The van der Waals surface area contributed by atoms with E-state index in [-0.39, 0.29) is 0 Å². The van der Waals surface area contributed by atoms with Crippen molar-refractivity contribution in [2.75, 3.05) is 0 Å². The maximum atomic E-state index is 3.35. The van der Waals surface area contributed by atoms with Crippen LogP contribution in [0.1, 0.15) is 90.0 Å². The third-order valence-electron chi connectivity index (χ3n) is 10.6. The Hall–Kier alpha value is 0.744. The standard InChI is InChI=1S/C27H66N2Si5/c1-22-23-30(28(31(14,15)24(2,3)4)32(16,17)25(5,6)7)29(33(18,19)26(8,9)10)34(20,21)27(11,12)13/h22-23,30H,1-21H3. The van der Waals surface area contributed by atoms with Crippen LogP contribution in [0.4, 0.5) is 0 Å². The van der Waals surface area contributed by atoms with E-state index in [1.54, 1.807) is 0 Å². The van der Waals surface area contributed by atoms with Crippen molar-refractivity contribution in [3.8, 4) is 0 Å². The van der Waals surface area contributed by atoms with Gasteiger partial charge in [-0.05, 0) is 27.1 Å². The number of hydrogen-bond donors (Lipinski definition) is 0. The minimum Gasteiger partial charge on any atom is -0.355 e. The van der Waals surface area contributed by atoms with Crippen molar-refractivity contribution < 1.29 is 0 Å². The largest absolute Gasteiger partial charge is 0.355 e. The third kappa shape index (κ3) is 6.41. The minimum atomic E-state index is -1.81. The van der Waals surface area contributed by atoms with E-state index in [0.717, 1.165) is 0 Å². The summed E-state index contributed by atoms with van der Waals surface area (Å²) >= 11 is 0. The van der Waals surface area contributed by atoms with Crippen LogP contribution in [-0.2, 0) is 0 Å². The van der Waals surface area contributed by atoms with Gasteiger partial charge in [-0.2, -0.15) is 0 Å². The molecular formula is C27H66N2Si5. The zero-order valence-corrected chi connectivity index (χ0v) is 32.8. The van der Waals surface area contributed by atoms with E-state index in [2.05, 4.69) is 162 Å². The number of rotatable bonds is 7. The molecule has 0 aliphatic carbocycles. The molecule has 2 nitrogen and oxygen atoms in total. The number of hydrogen-bond acceptors (Lipinski definition) is 2. The van der Waals surface area contributed by atoms with Crippen LogP contribution >= 0.6 is 0 Å². The summed E-state index contributed by atoms with van der Waals surface area (Å²) in [5, 5.41) is 1.29. The van der Waals surface area contributed by atoms with E-state index in [1.165, 1.54) is 0 Å².